The van der Waals surface area contributed by atoms with Crippen molar-refractivity contribution >= 4 is 16.1 Å². The Morgan fingerprint density at radius 2 is 1.35 bits per heavy atom. The number of aliphatic hydroxyl groups is 1. The Morgan fingerprint density at radius 3 is 1.70 bits per heavy atom. The van der Waals surface area contributed by atoms with Crippen LogP contribution in [0.3, 0.4) is 0 Å². The Balaban J connectivity index is 0.000000841. The molecule has 132 valence electrons. The third kappa shape index (κ3) is 6.88. The summed E-state index contributed by atoms with van der Waals surface area (Å²) < 4.78 is 94.4. The number of benzene rings is 1. The highest BCUT2D eigenvalue weighted by molar-refractivity contribution is 7.85. The molecule has 0 aliphatic carbocycles. The van der Waals surface area contributed by atoms with Crippen molar-refractivity contribution in [3.8, 4) is 0 Å². The van der Waals surface area contributed by atoms with Gasteiger partial charge >= 0.3 is 5.97 Å². The van der Waals surface area contributed by atoms with Crippen LogP contribution in [0.25, 0.3) is 0 Å². The average Bonchev–Trinajstić information content (AvgIpc) is 2.42. The lowest BCUT2D eigenvalue weighted by Crippen LogP contribution is -2.16. The van der Waals surface area contributed by atoms with Gasteiger partial charge in [-0.2, -0.15) is 8.42 Å². The lowest BCUT2D eigenvalue weighted by atomic mass is 10.1. The van der Waals surface area contributed by atoms with Gasteiger partial charge in [-0.15, -0.1) is 0 Å². The van der Waals surface area contributed by atoms with Crippen LogP contribution in [0.1, 0.15) is 16.8 Å². The van der Waals surface area contributed by atoms with Crippen molar-refractivity contribution in [3.05, 3.63) is 34.6 Å². The average molecular weight is 366 g/mol. The van der Waals surface area contributed by atoms with E-state index in [0.29, 0.717) is 6.26 Å². The lowest BCUT2D eigenvalue weighted by molar-refractivity contribution is 0.0467. The van der Waals surface area contributed by atoms with Crippen LogP contribution >= 0.6 is 0 Å². The van der Waals surface area contributed by atoms with Gasteiger partial charge in [0, 0.05) is 13.0 Å². The monoisotopic (exact) mass is 366 g/mol. The SMILES string of the molecule is CS(=O)(=O)O.O=C(OCCCO)c1c(F)c(F)c(F)c(F)c1F. The number of ether oxygens (including phenoxy) is 1. The topological polar surface area (TPSA) is 101 Å². The first-order valence-electron chi connectivity index (χ1n) is 5.63. The van der Waals surface area contributed by atoms with Gasteiger partial charge in [0.15, 0.2) is 23.3 Å². The van der Waals surface area contributed by atoms with E-state index in [1.54, 1.807) is 0 Å². The maximum Gasteiger partial charge on any atom is 0.344 e. The van der Waals surface area contributed by atoms with Gasteiger partial charge in [-0.3, -0.25) is 4.55 Å². The zero-order valence-electron chi connectivity index (χ0n) is 11.4. The van der Waals surface area contributed by atoms with Crippen molar-refractivity contribution in [1.82, 2.24) is 0 Å². The molecule has 1 rings (SSSR count). The summed E-state index contributed by atoms with van der Waals surface area (Å²) in [6.45, 7) is -0.765. The number of hydrogen-bond donors (Lipinski definition) is 2. The molecule has 0 unspecified atom stereocenters. The van der Waals surface area contributed by atoms with E-state index in [4.69, 9.17) is 9.66 Å². The summed E-state index contributed by atoms with van der Waals surface area (Å²) in [6.07, 6.45) is 0.689. The molecule has 0 amide bonds. The van der Waals surface area contributed by atoms with Gasteiger partial charge < -0.3 is 9.84 Å². The minimum Gasteiger partial charge on any atom is -0.462 e. The van der Waals surface area contributed by atoms with Crippen LogP contribution in [0.2, 0.25) is 0 Å². The minimum atomic E-state index is -3.67. The highest BCUT2D eigenvalue weighted by Crippen LogP contribution is 2.23. The lowest BCUT2D eigenvalue weighted by Gasteiger charge is -2.07. The van der Waals surface area contributed by atoms with Crippen LogP contribution in [-0.4, -0.2) is 43.5 Å². The first kappa shape index (κ1) is 21.2. The largest absolute Gasteiger partial charge is 0.462 e. The van der Waals surface area contributed by atoms with E-state index >= 15 is 0 Å². The molecule has 0 fully saturated rings. The first-order chi connectivity index (χ1) is 10.4. The van der Waals surface area contributed by atoms with E-state index in [-0.39, 0.29) is 13.0 Å². The Bertz CT molecular complexity index is 639. The molecule has 0 aliphatic rings. The van der Waals surface area contributed by atoms with Gasteiger partial charge in [-0.1, -0.05) is 0 Å². The minimum absolute atomic E-state index is 0.0266. The van der Waals surface area contributed by atoms with E-state index < -0.39 is 57.3 Å². The van der Waals surface area contributed by atoms with Gasteiger partial charge in [0.1, 0.15) is 5.56 Å². The third-order valence-electron chi connectivity index (χ3n) is 1.95. The molecule has 0 aliphatic heterocycles. The molecule has 2 N–H and O–H groups in total. The summed E-state index contributed by atoms with van der Waals surface area (Å²) in [5, 5.41) is 8.37. The number of aliphatic hydroxyl groups excluding tert-OH is 1. The number of esters is 1. The van der Waals surface area contributed by atoms with Crippen molar-refractivity contribution < 1.29 is 49.6 Å². The van der Waals surface area contributed by atoms with Crippen LogP contribution in [0.5, 0.6) is 0 Å². The van der Waals surface area contributed by atoms with Crippen LogP contribution in [-0.2, 0) is 14.9 Å². The van der Waals surface area contributed by atoms with Crippen molar-refractivity contribution in [2.45, 2.75) is 6.42 Å². The molecule has 0 saturated heterocycles. The smallest absolute Gasteiger partial charge is 0.344 e. The number of carbonyl (C=O) groups excluding carboxylic acids is 1. The number of rotatable bonds is 4. The molecule has 1 aromatic rings. The maximum atomic E-state index is 13.1. The summed E-state index contributed by atoms with van der Waals surface area (Å²) >= 11 is 0. The van der Waals surface area contributed by atoms with Gasteiger partial charge in [0.05, 0.1) is 12.9 Å². The second kappa shape index (κ2) is 8.74. The zero-order valence-corrected chi connectivity index (χ0v) is 12.3. The molecule has 6 nitrogen and oxygen atoms in total. The molecule has 0 atom stereocenters. The summed E-state index contributed by atoms with van der Waals surface area (Å²) in [5.41, 5.74) is -1.65. The molecular weight excluding hydrogens is 355 g/mol. The number of hydrogen-bond acceptors (Lipinski definition) is 5. The maximum absolute atomic E-state index is 13.1. The molecule has 0 bridgehead atoms. The highest BCUT2D eigenvalue weighted by Gasteiger charge is 2.30. The second-order valence-corrected chi connectivity index (χ2v) is 5.36. The van der Waals surface area contributed by atoms with E-state index in [1.807, 2.05) is 0 Å². The number of carbonyl (C=O) groups is 1. The Labute approximate surface area is 127 Å². The van der Waals surface area contributed by atoms with Crippen molar-refractivity contribution in [3.63, 3.8) is 0 Å². The molecule has 0 aromatic heterocycles. The fourth-order valence-electron chi connectivity index (χ4n) is 1.09. The molecular formula is C11H11F5O6S. The van der Waals surface area contributed by atoms with Gasteiger partial charge in [0.2, 0.25) is 5.82 Å². The fourth-order valence-corrected chi connectivity index (χ4v) is 1.09. The Hall–Kier alpha value is -1.79. The van der Waals surface area contributed by atoms with E-state index in [0.717, 1.165) is 0 Å². The normalized spacial score (nSPS) is 10.8. The molecule has 0 radical (unpaired) electrons. The van der Waals surface area contributed by atoms with Crippen LogP contribution in [0.4, 0.5) is 22.0 Å². The zero-order chi connectivity index (χ0) is 18.4. The fraction of sp³-hybridized carbons (Fsp3) is 0.364. The summed E-state index contributed by atoms with van der Waals surface area (Å²) in [5.74, 6) is -13.0. The molecule has 0 saturated carbocycles. The van der Waals surface area contributed by atoms with Crippen LogP contribution in [0, 0.1) is 29.1 Å². The molecule has 1 aromatic carbocycles. The quantitative estimate of drug-likeness (QED) is 0.209. The summed E-state index contributed by atoms with van der Waals surface area (Å²) in [7, 11) is -3.67. The predicted octanol–water partition coefficient (Wildman–Crippen LogP) is 1.43. The summed E-state index contributed by atoms with van der Waals surface area (Å²) in [6, 6.07) is 0. The van der Waals surface area contributed by atoms with Crippen molar-refractivity contribution in [2.24, 2.45) is 0 Å². The molecule has 23 heavy (non-hydrogen) atoms. The van der Waals surface area contributed by atoms with E-state index in [2.05, 4.69) is 4.74 Å². The molecule has 0 spiro atoms. The van der Waals surface area contributed by atoms with Crippen molar-refractivity contribution in [2.75, 3.05) is 19.5 Å². The van der Waals surface area contributed by atoms with E-state index in [9.17, 15) is 35.2 Å². The van der Waals surface area contributed by atoms with E-state index in [1.165, 1.54) is 0 Å². The second-order valence-electron chi connectivity index (χ2n) is 3.89. The predicted molar refractivity (Wildman–Crippen MR) is 65.7 cm³/mol. The van der Waals surface area contributed by atoms with Gasteiger partial charge in [-0.05, 0) is 0 Å². The van der Waals surface area contributed by atoms with Crippen LogP contribution in [0.15, 0.2) is 0 Å². The Kier molecular flexibility index (Phi) is 8.06. The van der Waals surface area contributed by atoms with Crippen LogP contribution < -0.4 is 0 Å². The van der Waals surface area contributed by atoms with Gasteiger partial charge in [0.25, 0.3) is 10.1 Å². The van der Waals surface area contributed by atoms with Gasteiger partial charge in [-0.25, -0.2) is 26.7 Å². The highest BCUT2D eigenvalue weighted by atomic mass is 32.2. The Morgan fingerprint density at radius 1 is 1.00 bits per heavy atom. The summed E-state index contributed by atoms with van der Waals surface area (Å²) in [4.78, 5) is 11.1. The number of halogens is 5. The van der Waals surface area contributed by atoms with Crippen molar-refractivity contribution in [1.29, 1.82) is 0 Å². The first-order valence-corrected chi connectivity index (χ1v) is 7.48. The molecule has 12 heteroatoms. The standard InChI is InChI=1S/C10H7F5O3.CH4O3S/c11-5-4(10(17)18-3-1-2-16)6(12)8(14)9(15)7(5)13;1-5(2,3)4/h16H,1-3H2;1H3,(H,2,3,4). The molecule has 0 heterocycles. The third-order valence-corrected chi connectivity index (χ3v) is 1.95.